The van der Waals surface area contributed by atoms with E-state index in [9.17, 15) is 0 Å². The van der Waals surface area contributed by atoms with Gasteiger partial charge in [0.15, 0.2) is 0 Å². The van der Waals surface area contributed by atoms with Crippen LogP contribution in [0.15, 0.2) is 0 Å². The maximum absolute atomic E-state index is 5.93. The van der Waals surface area contributed by atoms with Crippen LogP contribution in [0, 0.1) is 23.2 Å². The third-order valence-corrected chi connectivity index (χ3v) is 5.62. The fourth-order valence-electron chi connectivity index (χ4n) is 4.31. The summed E-state index contributed by atoms with van der Waals surface area (Å²) in [5.41, 5.74) is 0.670. The lowest BCUT2D eigenvalue weighted by atomic mass is 9.41. The first kappa shape index (κ1) is 11.4. The Morgan fingerprint density at radius 1 is 1.20 bits per heavy atom. The van der Waals surface area contributed by atoms with Crippen LogP contribution in [0.25, 0.3) is 0 Å². The van der Waals surface area contributed by atoms with Gasteiger partial charge in [-0.1, -0.05) is 27.2 Å². The Morgan fingerprint density at radius 2 is 1.87 bits per heavy atom. The van der Waals surface area contributed by atoms with Crippen LogP contribution in [-0.4, -0.2) is 12.7 Å². The zero-order chi connectivity index (χ0) is 11.3. The molecule has 0 radical (unpaired) electrons. The molecule has 0 aromatic carbocycles. The Kier molecular flexibility index (Phi) is 2.65. The highest BCUT2D eigenvalue weighted by Crippen LogP contribution is 2.65. The fourth-order valence-corrected chi connectivity index (χ4v) is 4.31. The van der Waals surface area contributed by atoms with Gasteiger partial charge in [-0.2, -0.15) is 0 Å². The second kappa shape index (κ2) is 3.48. The zero-order valence-corrected chi connectivity index (χ0v) is 11.0. The standard InChI is InChI=1S/C14H26O/c1-6-7-10-8-11-9-12(13(11,2)3)14(10,4)15-5/h10-12H,6-9H2,1-5H3/t10?,11?,12?,14-/m0/s1. The van der Waals surface area contributed by atoms with Gasteiger partial charge in [-0.25, -0.2) is 0 Å². The van der Waals surface area contributed by atoms with Crippen molar-refractivity contribution in [3.8, 4) is 0 Å². The topological polar surface area (TPSA) is 9.23 Å². The maximum Gasteiger partial charge on any atom is 0.0712 e. The molecule has 1 heteroatoms. The molecule has 3 saturated carbocycles. The quantitative estimate of drug-likeness (QED) is 0.687. The first-order valence-corrected chi connectivity index (χ1v) is 6.52. The zero-order valence-electron chi connectivity index (χ0n) is 11.0. The van der Waals surface area contributed by atoms with Gasteiger partial charge in [-0.15, -0.1) is 0 Å². The van der Waals surface area contributed by atoms with Crippen molar-refractivity contribution in [2.24, 2.45) is 23.2 Å². The predicted molar refractivity (Wildman–Crippen MR) is 63.8 cm³/mol. The second-order valence-corrected chi connectivity index (χ2v) is 6.42. The van der Waals surface area contributed by atoms with E-state index in [1.807, 2.05) is 7.11 Å². The molecule has 3 unspecified atom stereocenters. The van der Waals surface area contributed by atoms with Crippen molar-refractivity contribution in [3.05, 3.63) is 0 Å². The lowest BCUT2D eigenvalue weighted by molar-refractivity contribution is -0.238. The van der Waals surface area contributed by atoms with E-state index >= 15 is 0 Å². The first-order chi connectivity index (χ1) is 6.96. The van der Waals surface area contributed by atoms with Gasteiger partial charge in [0.2, 0.25) is 0 Å². The molecule has 15 heavy (non-hydrogen) atoms. The van der Waals surface area contributed by atoms with E-state index < -0.39 is 0 Å². The van der Waals surface area contributed by atoms with E-state index in [4.69, 9.17) is 4.74 Å². The van der Waals surface area contributed by atoms with E-state index in [-0.39, 0.29) is 5.60 Å². The van der Waals surface area contributed by atoms with Gasteiger partial charge in [0.25, 0.3) is 0 Å². The van der Waals surface area contributed by atoms with Crippen LogP contribution < -0.4 is 0 Å². The molecule has 0 aromatic heterocycles. The van der Waals surface area contributed by atoms with Crippen LogP contribution in [0.5, 0.6) is 0 Å². The van der Waals surface area contributed by atoms with Gasteiger partial charge in [0, 0.05) is 7.11 Å². The highest BCUT2D eigenvalue weighted by molar-refractivity contribution is 5.12. The molecule has 3 rings (SSSR count). The number of hydrogen-bond acceptors (Lipinski definition) is 1. The molecule has 0 aliphatic heterocycles. The Labute approximate surface area is 94.6 Å². The van der Waals surface area contributed by atoms with Crippen molar-refractivity contribution in [1.29, 1.82) is 0 Å². The van der Waals surface area contributed by atoms with Gasteiger partial charge in [-0.3, -0.25) is 0 Å². The molecule has 4 atom stereocenters. The minimum Gasteiger partial charge on any atom is -0.378 e. The third-order valence-electron chi connectivity index (χ3n) is 5.62. The number of fused-ring (bicyclic) bond motifs is 2. The van der Waals surface area contributed by atoms with Gasteiger partial charge in [-0.05, 0) is 49.4 Å². The van der Waals surface area contributed by atoms with Crippen LogP contribution in [-0.2, 0) is 4.74 Å². The van der Waals surface area contributed by atoms with Crippen molar-refractivity contribution >= 4 is 0 Å². The van der Waals surface area contributed by atoms with E-state index in [0.29, 0.717) is 5.41 Å². The molecule has 3 fully saturated rings. The van der Waals surface area contributed by atoms with Crippen LogP contribution >= 0.6 is 0 Å². The summed E-state index contributed by atoms with van der Waals surface area (Å²) in [6.07, 6.45) is 5.43. The number of methoxy groups -OCH3 is 1. The minimum absolute atomic E-state index is 0.147. The SMILES string of the molecule is CCCC1CC2CC(C2(C)C)[C@@]1(C)OC. The Balaban J connectivity index is 2.20. The monoisotopic (exact) mass is 210 g/mol. The van der Waals surface area contributed by atoms with E-state index in [1.165, 1.54) is 25.7 Å². The van der Waals surface area contributed by atoms with Crippen LogP contribution in [0.2, 0.25) is 0 Å². The molecule has 0 heterocycles. The molecule has 88 valence electrons. The van der Waals surface area contributed by atoms with E-state index in [1.54, 1.807) is 0 Å². The fraction of sp³-hybridized carbons (Fsp3) is 1.00. The predicted octanol–water partition coefficient (Wildman–Crippen LogP) is 3.87. The van der Waals surface area contributed by atoms with Gasteiger partial charge in [0.05, 0.1) is 5.60 Å². The normalized spacial score (nSPS) is 47.4. The number of hydrogen-bond donors (Lipinski definition) is 0. The minimum atomic E-state index is 0.147. The van der Waals surface area contributed by atoms with Crippen LogP contribution in [0.3, 0.4) is 0 Å². The largest absolute Gasteiger partial charge is 0.378 e. The Bertz CT molecular complexity index is 246. The molecule has 0 aromatic rings. The van der Waals surface area contributed by atoms with E-state index in [2.05, 4.69) is 27.7 Å². The molecule has 3 aliphatic carbocycles. The van der Waals surface area contributed by atoms with Crippen molar-refractivity contribution < 1.29 is 4.74 Å². The summed E-state index contributed by atoms with van der Waals surface area (Å²) in [5, 5.41) is 0. The second-order valence-electron chi connectivity index (χ2n) is 6.42. The molecule has 3 aliphatic rings. The highest BCUT2D eigenvalue weighted by Gasteiger charge is 2.63. The van der Waals surface area contributed by atoms with Crippen LogP contribution in [0.4, 0.5) is 0 Å². The molecule has 1 nitrogen and oxygen atoms in total. The van der Waals surface area contributed by atoms with Crippen LogP contribution in [0.1, 0.15) is 53.4 Å². The third kappa shape index (κ3) is 1.39. The molecule has 0 spiro atoms. The van der Waals surface area contributed by atoms with Crippen molar-refractivity contribution in [1.82, 2.24) is 0 Å². The van der Waals surface area contributed by atoms with E-state index in [0.717, 1.165) is 17.8 Å². The average Bonchev–Trinajstić information content (AvgIpc) is 2.20. The summed E-state index contributed by atoms with van der Waals surface area (Å²) in [4.78, 5) is 0. The Hall–Kier alpha value is -0.0400. The van der Waals surface area contributed by atoms with Crippen molar-refractivity contribution in [2.45, 2.75) is 59.0 Å². The summed E-state index contributed by atoms with van der Waals surface area (Å²) in [5.74, 6) is 2.54. The average molecular weight is 210 g/mol. The molecule has 2 bridgehead atoms. The number of ether oxygens (including phenoxy) is 1. The van der Waals surface area contributed by atoms with Gasteiger partial charge < -0.3 is 4.74 Å². The summed E-state index contributed by atoms with van der Waals surface area (Å²) in [7, 11) is 1.91. The van der Waals surface area contributed by atoms with Crippen molar-refractivity contribution in [3.63, 3.8) is 0 Å². The summed E-state index contributed by atoms with van der Waals surface area (Å²) < 4.78 is 5.93. The summed E-state index contributed by atoms with van der Waals surface area (Å²) >= 11 is 0. The summed E-state index contributed by atoms with van der Waals surface area (Å²) in [6.45, 7) is 9.52. The lowest BCUT2D eigenvalue weighted by Gasteiger charge is -2.66. The molecule has 0 amide bonds. The molecular weight excluding hydrogens is 184 g/mol. The lowest BCUT2D eigenvalue weighted by Crippen LogP contribution is -2.64. The smallest absolute Gasteiger partial charge is 0.0712 e. The molecule has 0 saturated heterocycles. The maximum atomic E-state index is 5.93. The molecular formula is C14H26O. The van der Waals surface area contributed by atoms with Gasteiger partial charge >= 0.3 is 0 Å². The first-order valence-electron chi connectivity index (χ1n) is 6.52. The van der Waals surface area contributed by atoms with Crippen molar-refractivity contribution in [2.75, 3.05) is 7.11 Å². The highest BCUT2D eigenvalue weighted by atomic mass is 16.5. The summed E-state index contributed by atoms with van der Waals surface area (Å²) in [6, 6.07) is 0. The Morgan fingerprint density at radius 3 is 2.33 bits per heavy atom. The molecule has 0 N–H and O–H groups in total. The van der Waals surface area contributed by atoms with Gasteiger partial charge in [0.1, 0.15) is 0 Å². The number of rotatable bonds is 3.